The van der Waals surface area contributed by atoms with E-state index in [9.17, 15) is 8.42 Å². The van der Waals surface area contributed by atoms with Gasteiger partial charge in [-0.05, 0) is 93.4 Å². The predicted molar refractivity (Wildman–Crippen MR) is 182 cm³/mol. The van der Waals surface area contributed by atoms with Crippen molar-refractivity contribution in [1.29, 1.82) is 0 Å². The van der Waals surface area contributed by atoms with Gasteiger partial charge in [-0.2, -0.15) is 0 Å². The molecule has 0 fully saturated rings. The van der Waals surface area contributed by atoms with Crippen LogP contribution in [0.25, 0.3) is 76.5 Å². The average Bonchev–Trinajstić information content (AvgIpc) is 3.56. The van der Waals surface area contributed by atoms with Gasteiger partial charge in [0.15, 0.2) is 15.5 Å². The van der Waals surface area contributed by atoms with E-state index in [1.54, 1.807) is 0 Å². The first-order valence-corrected chi connectivity index (χ1v) is 16.6. The van der Waals surface area contributed by atoms with E-state index in [1.807, 2.05) is 72.8 Å². The highest BCUT2D eigenvalue weighted by Gasteiger charge is 2.25. The van der Waals surface area contributed by atoms with E-state index < -0.39 is 9.84 Å². The number of fused-ring (bicyclic) bond motifs is 9. The van der Waals surface area contributed by atoms with Crippen LogP contribution in [0.2, 0.25) is 0 Å². The molecule has 6 aromatic carbocycles. The van der Waals surface area contributed by atoms with Gasteiger partial charge in [-0.1, -0.05) is 66.7 Å². The molecule has 3 heterocycles. The van der Waals surface area contributed by atoms with Gasteiger partial charge < -0.3 is 8.98 Å². The molecule has 0 unspecified atom stereocenters. The number of aromatic nitrogens is 1. The van der Waals surface area contributed by atoms with Crippen molar-refractivity contribution in [2.24, 2.45) is 0 Å². The summed E-state index contributed by atoms with van der Waals surface area (Å²) in [6.45, 7) is 7.53. The molecule has 0 aliphatic carbocycles. The van der Waals surface area contributed by atoms with Gasteiger partial charge in [0.1, 0.15) is 11.2 Å². The summed E-state index contributed by atoms with van der Waals surface area (Å²) in [4.78, 5) is 3.66. The third-order valence-electron chi connectivity index (χ3n) is 9.00. The Hall–Kier alpha value is -5.64. The molecule has 0 saturated carbocycles. The lowest BCUT2D eigenvalue weighted by Crippen LogP contribution is -2.05. The van der Waals surface area contributed by atoms with Gasteiger partial charge in [0.25, 0.3) is 0 Å². The Morgan fingerprint density at radius 3 is 2.11 bits per heavy atom. The van der Waals surface area contributed by atoms with Crippen molar-refractivity contribution in [2.75, 3.05) is 0 Å². The maximum atomic E-state index is 13.3. The number of nitrogens with zero attached hydrogens (tertiary/aromatic N) is 2. The molecule has 9 rings (SSSR count). The molecular weight excluding hydrogens is 577 g/mol. The summed E-state index contributed by atoms with van der Waals surface area (Å²) in [6, 6.07) is 40.5. The molecule has 0 N–H and O–H groups in total. The molecule has 0 bridgehead atoms. The van der Waals surface area contributed by atoms with Gasteiger partial charge in [-0.25, -0.2) is 13.3 Å². The van der Waals surface area contributed by atoms with Crippen molar-refractivity contribution in [3.8, 4) is 27.9 Å². The number of rotatable bonds is 2. The third kappa shape index (κ3) is 4.02. The first kappa shape index (κ1) is 25.8. The van der Waals surface area contributed by atoms with Crippen molar-refractivity contribution in [3.05, 3.63) is 144 Å². The molecule has 8 aromatic rings. The smallest absolute Gasteiger partial charge is 0.188 e. The highest BCUT2D eigenvalue weighted by molar-refractivity contribution is 7.89. The number of furan rings is 1. The molecule has 0 spiro atoms. The first-order chi connectivity index (χ1) is 22.0. The van der Waals surface area contributed by atoms with E-state index in [0.717, 1.165) is 82.8 Å². The number of sulfone groups is 1. The summed E-state index contributed by atoms with van der Waals surface area (Å²) < 4.78 is 34.9. The fraction of sp³-hybridized carbons (Fsp3) is 0.0513. The van der Waals surface area contributed by atoms with E-state index in [0.29, 0.717) is 5.69 Å². The van der Waals surface area contributed by atoms with Crippen LogP contribution in [0.15, 0.2) is 126 Å². The van der Waals surface area contributed by atoms with E-state index in [2.05, 4.69) is 57.9 Å². The van der Waals surface area contributed by atoms with Crippen LogP contribution in [0, 0.1) is 6.57 Å². The summed E-state index contributed by atoms with van der Waals surface area (Å²) >= 11 is 0. The van der Waals surface area contributed by atoms with Gasteiger partial charge in [-0.15, -0.1) is 0 Å². The van der Waals surface area contributed by atoms with Crippen LogP contribution < -0.4 is 0 Å². The molecule has 45 heavy (non-hydrogen) atoms. The molecule has 214 valence electrons. The SMILES string of the molecule is [C-]#[N+]c1ccc2c(c1)c1ccccc1n2-c1ccc2c(c1)-c1cc(-c3ccc4c(c3)oc3ccccc34)ccc1CS(=O)(=O)C2. The molecule has 0 radical (unpaired) electrons. The molecule has 0 saturated heterocycles. The van der Waals surface area contributed by atoms with Crippen LogP contribution in [0.4, 0.5) is 5.69 Å². The summed E-state index contributed by atoms with van der Waals surface area (Å²) in [7, 11) is -3.36. The number of benzene rings is 6. The Morgan fingerprint density at radius 1 is 0.600 bits per heavy atom. The lowest BCUT2D eigenvalue weighted by atomic mass is 9.92. The summed E-state index contributed by atoms with van der Waals surface area (Å²) in [5.41, 5.74) is 10.7. The van der Waals surface area contributed by atoms with E-state index in [4.69, 9.17) is 11.0 Å². The Labute approximate surface area is 259 Å². The molecule has 0 amide bonds. The summed E-state index contributed by atoms with van der Waals surface area (Å²) in [5, 5.41) is 4.24. The second-order valence-corrected chi connectivity index (χ2v) is 13.8. The zero-order valence-corrected chi connectivity index (χ0v) is 24.8. The quantitative estimate of drug-likeness (QED) is 0.186. The largest absolute Gasteiger partial charge is 0.456 e. The monoisotopic (exact) mass is 600 g/mol. The fourth-order valence-electron chi connectivity index (χ4n) is 6.95. The Balaban J connectivity index is 1.25. The van der Waals surface area contributed by atoms with Gasteiger partial charge in [0, 0.05) is 21.8 Å². The minimum absolute atomic E-state index is 0.00990. The highest BCUT2D eigenvalue weighted by Crippen LogP contribution is 2.41. The van der Waals surface area contributed by atoms with Crippen LogP contribution in [0.1, 0.15) is 11.1 Å². The molecule has 1 aliphatic heterocycles. The summed E-state index contributed by atoms with van der Waals surface area (Å²) in [6.07, 6.45) is 0. The molecular formula is C39H24N2O3S. The van der Waals surface area contributed by atoms with Crippen LogP contribution in [0.3, 0.4) is 0 Å². The van der Waals surface area contributed by atoms with Crippen molar-refractivity contribution >= 4 is 59.3 Å². The zero-order chi connectivity index (χ0) is 30.3. The minimum atomic E-state index is -3.36. The predicted octanol–water partition coefficient (Wildman–Crippen LogP) is 10.00. The molecule has 2 aromatic heterocycles. The molecule has 5 nitrogen and oxygen atoms in total. The van der Waals surface area contributed by atoms with Crippen molar-refractivity contribution in [3.63, 3.8) is 0 Å². The lowest BCUT2D eigenvalue weighted by Gasteiger charge is -2.15. The number of para-hydroxylation sites is 2. The maximum absolute atomic E-state index is 13.3. The van der Waals surface area contributed by atoms with Gasteiger partial charge in [-0.3, -0.25) is 0 Å². The average molecular weight is 601 g/mol. The van der Waals surface area contributed by atoms with Crippen LogP contribution in [-0.4, -0.2) is 13.0 Å². The van der Waals surface area contributed by atoms with Gasteiger partial charge in [0.2, 0.25) is 0 Å². The Kier molecular flexibility index (Phi) is 5.41. The summed E-state index contributed by atoms with van der Waals surface area (Å²) in [5.74, 6) is -0.0247. The van der Waals surface area contributed by atoms with E-state index >= 15 is 0 Å². The van der Waals surface area contributed by atoms with Crippen LogP contribution in [0.5, 0.6) is 0 Å². The first-order valence-electron chi connectivity index (χ1n) is 14.8. The molecule has 1 aliphatic rings. The highest BCUT2D eigenvalue weighted by atomic mass is 32.2. The van der Waals surface area contributed by atoms with Gasteiger partial charge in [0.05, 0.1) is 29.1 Å². The maximum Gasteiger partial charge on any atom is 0.188 e. The minimum Gasteiger partial charge on any atom is -0.456 e. The topological polar surface area (TPSA) is 56.6 Å². The number of hydrogen-bond donors (Lipinski definition) is 0. The molecule has 0 atom stereocenters. The zero-order valence-electron chi connectivity index (χ0n) is 24.0. The molecule has 6 heteroatoms. The van der Waals surface area contributed by atoms with Crippen molar-refractivity contribution in [1.82, 2.24) is 4.57 Å². The Bertz CT molecular complexity index is 2690. The second-order valence-electron chi connectivity index (χ2n) is 11.7. The standard InChI is InChI=1S/C39H24N2O3S/c1-40-28-14-17-37-35(20-28)30-6-2-4-8-36(30)41(37)29-15-12-27-23-45(42,43)22-26-11-10-24(18-33(26)34(27)21-29)25-13-16-32-31-7-3-5-9-38(31)44-39(32)19-25/h2-21H,22-23H2. The van der Waals surface area contributed by atoms with Crippen LogP contribution >= 0.6 is 0 Å². The normalized spacial score (nSPS) is 13.9. The fourth-order valence-corrected chi connectivity index (χ4v) is 8.50. The lowest BCUT2D eigenvalue weighted by molar-refractivity contribution is 0.595. The van der Waals surface area contributed by atoms with Gasteiger partial charge >= 0.3 is 0 Å². The van der Waals surface area contributed by atoms with E-state index in [-0.39, 0.29) is 11.5 Å². The number of hydrogen-bond acceptors (Lipinski definition) is 3. The van der Waals surface area contributed by atoms with E-state index in [1.165, 1.54) is 0 Å². The van der Waals surface area contributed by atoms with Crippen LogP contribution in [-0.2, 0) is 21.3 Å². The van der Waals surface area contributed by atoms with Crippen molar-refractivity contribution in [2.45, 2.75) is 11.5 Å². The van der Waals surface area contributed by atoms with Crippen molar-refractivity contribution < 1.29 is 12.8 Å². The second kappa shape index (κ2) is 9.43. The Morgan fingerprint density at radius 2 is 1.27 bits per heavy atom. The third-order valence-corrected chi connectivity index (χ3v) is 10.5.